The number of carbonyl (C=O) groups is 1. The molecule has 0 bridgehead atoms. The van der Waals surface area contributed by atoms with Crippen molar-refractivity contribution in [1.82, 2.24) is 4.90 Å². The van der Waals surface area contributed by atoms with Crippen molar-refractivity contribution in [1.29, 1.82) is 0 Å². The van der Waals surface area contributed by atoms with Gasteiger partial charge < -0.3 is 4.90 Å². The van der Waals surface area contributed by atoms with E-state index in [0.717, 1.165) is 21.9 Å². The van der Waals surface area contributed by atoms with Gasteiger partial charge in [0.2, 0.25) is 5.91 Å². The van der Waals surface area contributed by atoms with Gasteiger partial charge in [-0.1, -0.05) is 87.5 Å². The van der Waals surface area contributed by atoms with Gasteiger partial charge in [-0.25, -0.2) is 8.42 Å². The molecular weight excluding hydrogens is 430 g/mol. The van der Waals surface area contributed by atoms with E-state index in [1.807, 2.05) is 60.7 Å². The number of hydrogen-bond donors (Lipinski definition) is 0. The van der Waals surface area contributed by atoms with Crippen LogP contribution in [-0.4, -0.2) is 36.8 Å². The zero-order valence-electron chi connectivity index (χ0n) is 19.5. The van der Waals surface area contributed by atoms with Crippen LogP contribution in [0, 0.1) is 0 Å². The lowest BCUT2D eigenvalue weighted by Crippen LogP contribution is -2.39. The molecule has 172 valence electrons. The Bertz CT molecular complexity index is 1280. The van der Waals surface area contributed by atoms with Crippen molar-refractivity contribution in [2.45, 2.75) is 45.2 Å². The molecule has 1 aliphatic rings. The standard InChI is InChI=1S/C28H31NO3S/c1-28(2,3)24-14-11-21(12-15-24)13-16-27(30)29(25-17-18-33(31,32)20-25)19-23-9-6-8-22-7-4-5-10-26(22)23/h4-16,25H,17-20H2,1-3H3. The fraction of sp³-hybridized carbons (Fsp3) is 0.321. The van der Waals surface area contributed by atoms with E-state index in [-0.39, 0.29) is 28.9 Å². The number of nitrogens with zero attached hydrogens (tertiary/aromatic N) is 1. The quantitative estimate of drug-likeness (QED) is 0.480. The second kappa shape index (κ2) is 9.14. The van der Waals surface area contributed by atoms with Gasteiger partial charge in [0.15, 0.2) is 9.84 Å². The maximum atomic E-state index is 13.3. The Labute approximate surface area is 196 Å². The molecule has 1 atom stereocenters. The van der Waals surface area contributed by atoms with Gasteiger partial charge in [-0.15, -0.1) is 0 Å². The zero-order chi connectivity index (χ0) is 23.6. The van der Waals surface area contributed by atoms with Gasteiger partial charge in [-0.3, -0.25) is 4.79 Å². The summed E-state index contributed by atoms with van der Waals surface area (Å²) in [4.78, 5) is 15.1. The third-order valence-electron chi connectivity index (χ3n) is 6.35. The average Bonchev–Trinajstić information content (AvgIpc) is 3.14. The van der Waals surface area contributed by atoms with Gasteiger partial charge in [-0.05, 0) is 45.4 Å². The molecule has 1 heterocycles. The summed E-state index contributed by atoms with van der Waals surface area (Å²) in [5, 5.41) is 2.19. The summed E-state index contributed by atoms with van der Waals surface area (Å²) < 4.78 is 24.3. The number of carbonyl (C=O) groups excluding carboxylic acids is 1. The van der Waals surface area contributed by atoms with E-state index in [2.05, 4.69) is 32.9 Å². The summed E-state index contributed by atoms with van der Waals surface area (Å²) in [5.74, 6) is -0.00278. The fourth-order valence-corrected chi connectivity index (χ4v) is 6.11. The van der Waals surface area contributed by atoms with E-state index >= 15 is 0 Å². The summed E-state index contributed by atoms with van der Waals surface area (Å²) >= 11 is 0. The minimum atomic E-state index is -3.11. The molecule has 33 heavy (non-hydrogen) atoms. The molecule has 1 aliphatic heterocycles. The predicted octanol–water partition coefficient (Wildman–Crippen LogP) is 5.37. The van der Waals surface area contributed by atoms with E-state index < -0.39 is 9.84 Å². The minimum absolute atomic E-state index is 0.0254. The van der Waals surface area contributed by atoms with Gasteiger partial charge in [0.05, 0.1) is 11.5 Å². The molecule has 1 amide bonds. The van der Waals surface area contributed by atoms with Gasteiger partial charge >= 0.3 is 0 Å². The molecule has 4 rings (SSSR count). The van der Waals surface area contributed by atoms with Crippen LogP contribution in [0.4, 0.5) is 0 Å². The van der Waals surface area contributed by atoms with Crippen LogP contribution in [0.5, 0.6) is 0 Å². The van der Waals surface area contributed by atoms with Gasteiger partial charge in [-0.2, -0.15) is 0 Å². The number of sulfone groups is 1. The van der Waals surface area contributed by atoms with Crippen LogP contribution in [0.15, 0.2) is 72.8 Å². The van der Waals surface area contributed by atoms with Crippen molar-refractivity contribution >= 4 is 32.6 Å². The Hall–Kier alpha value is -2.92. The van der Waals surface area contributed by atoms with E-state index in [1.54, 1.807) is 11.0 Å². The molecule has 0 aromatic heterocycles. The zero-order valence-corrected chi connectivity index (χ0v) is 20.3. The van der Waals surface area contributed by atoms with Crippen LogP contribution in [0.25, 0.3) is 16.8 Å². The molecule has 4 nitrogen and oxygen atoms in total. The SMILES string of the molecule is CC(C)(C)c1ccc(C=CC(=O)N(Cc2cccc3ccccc23)C2CCS(=O)(=O)C2)cc1. The maximum absolute atomic E-state index is 13.3. The topological polar surface area (TPSA) is 54.5 Å². The number of rotatable bonds is 5. The van der Waals surface area contributed by atoms with Crippen molar-refractivity contribution < 1.29 is 13.2 Å². The second-order valence-electron chi connectivity index (χ2n) is 9.87. The molecule has 0 radical (unpaired) electrons. The molecule has 1 saturated heterocycles. The third kappa shape index (κ3) is 5.53. The summed E-state index contributed by atoms with van der Waals surface area (Å²) in [7, 11) is -3.11. The van der Waals surface area contributed by atoms with E-state index in [4.69, 9.17) is 0 Å². The highest BCUT2D eigenvalue weighted by molar-refractivity contribution is 7.91. The van der Waals surface area contributed by atoms with Crippen LogP contribution in [0.2, 0.25) is 0 Å². The first-order valence-electron chi connectivity index (χ1n) is 11.4. The lowest BCUT2D eigenvalue weighted by atomic mass is 9.87. The Kier molecular flexibility index (Phi) is 6.44. The Morgan fingerprint density at radius 2 is 1.70 bits per heavy atom. The van der Waals surface area contributed by atoms with Crippen LogP contribution in [0.1, 0.15) is 43.9 Å². The smallest absolute Gasteiger partial charge is 0.247 e. The molecule has 5 heteroatoms. The first-order valence-corrected chi connectivity index (χ1v) is 13.2. The largest absolute Gasteiger partial charge is 0.331 e. The highest BCUT2D eigenvalue weighted by Gasteiger charge is 2.34. The molecule has 0 aliphatic carbocycles. The normalized spacial score (nSPS) is 18.1. The number of fused-ring (bicyclic) bond motifs is 1. The lowest BCUT2D eigenvalue weighted by molar-refractivity contribution is -0.128. The Morgan fingerprint density at radius 3 is 2.36 bits per heavy atom. The number of hydrogen-bond acceptors (Lipinski definition) is 3. The summed E-state index contributed by atoms with van der Waals surface area (Å²) in [5.41, 5.74) is 3.27. The fourth-order valence-electron chi connectivity index (χ4n) is 4.38. The van der Waals surface area contributed by atoms with Crippen molar-refractivity contribution in [2.24, 2.45) is 0 Å². The van der Waals surface area contributed by atoms with Crippen molar-refractivity contribution in [3.8, 4) is 0 Å². The summed E-state index contributed by atoms with van der Waals surface area (Å²) in [6.45, 7) is 6.89. The first-order chi connectivity index (χ1) is 15.6. The van der Waals surface area contributed by atoms with Gasteiger partial charge in [0.25, 0.3) is 0 Å². The van der Waals surface area contributed by atoms with E-state index in [9.17, 15) is 13.2 Å². The Morgan fingerprint density at radius 1 is 1.00 bits per heavy atom. The number of amides is 1. The maximum Gasteiger partial charge on any atom is 0.247 e. The molecule has 1 fully saturated rings. The van der Waals surface area contributed by atoms with Crippen molar-refractivity contribution in [2.75, 3.05) is 11.5 Å². The summed E-state index contributed by atoms with van der Waals surface area (Å²) in [6, 6.07) is 22.0. The average molecular weight is 462 g/mol. The number of benzene rings is 3. The second-order valence-corrected chi connectivity index (χ2v) is 12.1. The summed E-state index contributed by atoms with van der Waals surface area (Å²) in [6.07, 6.45) is 3.86. The van der Waals surface area contributed by atoms with E-state index in [0.29, 0.717) is 13.0 Å². The first kappa shape index (κ1) is 23.2. The lowest BCUT2D eigenvalue weighted by Gasteiger charge is -2.28. The molecule has 1 unspecified atom stereocenters. The van der Waals surface area contributed by atoms with Crippen LogP contribution in [0.3, 0.4) is 0 Å². The highest BCUT2D eigenvalue weighted by Crippen LogP contribution is 2.25. The van der Waals surface area contributed by atoms with E-state index in [1.165, 1.54) is 5.56 Å². The van der Waals surface area contributed by atoms with Crippen LogP contribution < -0.4 is 0 Å². The minimum Gasteiger partial charge on any atom is -0.331 e. The molecule has 3 aromatic carbocycles. The third-order valence-corrected chi connectivity index (χ3v) is 8.10. The monoisotopic (exact) mass is 461 g/mol. The highest BCUT2D eigenvalue weighted by atomic mass is 32.2. The van der Waals surface area contributed by atoms with Crippen molar-refractivity contribution in [3.05, 3.63) is 89.5 Å². The van der Waals surface area contributed by atoms with Crippen molar-refractivity contribution in [3.63, 3.8) is 0 Å². The molecular formula is C28H31NO3S. The molecule has 0 saturated carbocycles. The van der Waals surface area contributed by atoms with Gasteiger partial charge in [0, 0.05) is 18.7 Å². The van der Waals surface area contributed by atoms with Gasteiger partial charge in [0.1, 0.15) is 0 Å². The Balaban J connectivity index is 1.60. The van der Waals surface area contributed by atoms with Crippen LogP contribution >= 0.6 is 0 Å². The molecule has 0 N–H and O–H groups in total. The predicted molar refractivity (Wildman–Crippen MR) is 136 cm³/mol. The van der Waals surface area contributed by atoms with Crippen LogP contribution in [-0.2, 0) is 26.6 Å². The molecule has 3 aromatic rings. The molecule has 0 spiro atoms.